The number of anilines is 2. The minimum atomic E-state index is 0.0425. The van der Waals surface area contributed by atoms with Crippen molar-refractivity contribution in [3.05, 3.63) is 77.7 Å². The van der Waals surface area contributed by atoms with E-state index >= 15 is 0 Å². The summed E-state index contributed by atoms with van der Waals surface area (Å²) in [4.78, 5) is 4.46. The summed E-state index contributed by atoms with van der Waals surface area (Å²) >= 11 is 0. The zero-order valence-electron chi connectivity index (χ0n) is 15.0. The van der Waals surface area contributed by atoms with Gasteiger partial charge in [-0.05, 0) is 36.2 Å². The van der Waals surface area contributed by atoms with E-state index in [0.29, 0.717) is 13.2 Å². The topological polar surface area (TPSA) is 64.9 Å². The Hall–Kier alpha value is -3.25. The largest absolute Gasteiger partial charge is 0.371 e. The number of hydrogen-bond acceptors (Lipinski definition) is 5. The Labute approximate surface area is 156 Å². The number of aromatic nitrogens is 4. The maximum Gasteiger partial charge on any atom is 0.229 e. The van der Waals surface area contributed by atoms with Gasteiger partial charge in [0.15, 0.2) is 5.82 Å². The van der Waals surface area contributed by atoms with Crippen LogP contribution in [-0.4, -0.2) is 26.4 Å². The standard InChI is InChI=1S/C21H19N5O/c1-14-9-10-17-16(8-5-11-22-17)20(14)23-21-25-24-19-13-27-12-18(26(19)21)15-6-3-2-4-7-15/h2-11,18H,12-13H2,1H3,(H,23,25)/t18-/m0/s1. The normalized spacial score (nSPS) is 16.3. The van der Waals surface area contributed by atoms with E-state index in [2.05, 4.69) is 56.3 Å². The van der Waals surface area contributed by atoms with E-state index < -0.39 is 0 Å². The molecule has 0 amide bonds. The first-order valence-electron chi connectivity index (χ1n) is 8.99. The molecule has 6 nitrogen and oxygen atoms in total. The number of fused-ring (bicyclic) bond motifs is 2. The van der Waals surface area contributed by atoms with Gasteiger partial charge in [-0.1, -0.05) is 36.4 Å². The maximum absolute atomic E-state index is 5.76. The highest BCUT2D eigenvalue weighted by Crippen LogP contribution is 2.32. The summed E-state index contributed by atoms with van der Waals surface area (Å²) < 4.78 is 7.91. The number of pyridine rings is 1. The van der Waals surface area contributed by atoms with Crippen molar-refractivity contribution in [1.29, 1.82) is 0 Å². The lowest BCUT2D eigenvalue weighted by atomic mass is 10.1. The van der Waals surface area contributed by atoms with Crippen LogP contribution >= 0.6 is 0 Å². The van der Waals surface area contributed by atoms with E-state index in [1.54, 1.807) is 0 Å². The highest BCUT2D eigenvalue weighted by Gasteiger charge is 2.27. The predicted molar refractivity (Wildman–Crippen MR) is 104 cm³/mol. The summed E-state index contributed by atoms with van der Waals surface area (Å²) in [5.41, 5.74) is 4.27. The van der Waals surface area contributed by atoms with Gasteiger partial charge in [0.1, 0.15) is 6.61 Å². The Morgan fingerprint density at radius 2 is 1.93 bits per heavy atom. The molecule has 2 aromatic heterocycles. The van der Waals surface area contributed by atoms with Crippen molar-refractivity contribution in [2.75, 3.05) is 11.9 Å². The number of nitrogens with one attached hydrogen (secondary N) is 1. The van der Waals surface area contributed by atoms with Crippen molar-refractivity contribution in [3.63, 3.8) is 0 Å². The van der Waals surface area contributed by atoms with Crippen molar-refractivity contribution >= 4 is 22.5 Å². The lowest BCUT2D eigenvalue weighted by Crippen LogP contribution is -2.25. The van der Waals surface area contributed by atoms with E-state index in [1.165, 1.54) is 5.56 Å². The Morgan fingerprint density at radius 1 is 1.04 bits per heavy atom. The molecule has 0 bridgehead atoms. The van der Waals surface area contributed by atoms with Gasteiger partial charge in [-0.2, -0.15) is 0 Å². The Morgan fingerprint density at radius 3 is 2.81 bits per heavy atom. The summed E-state index contributed by atoms with van der Waals surface area (Å²) in [6.45, 7) is 3.15. The average Bonchev–Trinajstić information content (AvgIpc) is 3.14. The molecule has 1 atom stereocenters. The summed E-state index contributed by atoms with van der Waals surface area (Å²) in [6.07, 6.45) is 1.81. The van der Waals surface area contributed by atoms with Crippen LogP contribution in [0.5, 0.6) is 0 Å². The second-order valence-electron chi connectivity index (χ2n) is 6.70. The minimum absolute atomic E-state index is 0.0425. The molecule has 134 valence electrons. The summed E-state index contributed by atoms with van der Waals surface area (Å²) in [7, 11) is 0. The molecular formula is C21H19N5O. The van der Waals surface area contributed by atoms with E-state index in [4.69, 9.17) is 4.74 Å². The van der Waals surface area contributed by atoms with E-state index in [9.17, 15) is 0 Å². The van der Waals surface area contributed by atoms with Gasteiger partial charge in [0, 0.05) is 11.6 Å². The molecule has 2 aromatic carbocycles. The molecule has 3 heterocycles. The molecule has 1 N–H and O–H groups in total. The van der Waals surface area contributed by atoms with Gasteiger partial charge in [0.2, 0.25) is 5.95 Å². The van der Waals surface area contributed by atoms with Crippen LogP contribution in [0.1, 0.15) is 23.0 Å². The zero-order valence-corrected chi connectivity index (χ0v) is 15.0. The first-order chi connectivity index (χ1) is 13.3. The maximum atomic E-state index is 5.76. The van der Waals surface area contributed by atoms with Gasteiger partial charge in [0.25, 0.3) is 0 Å². The highest BCUT2D eigenvalue weighted by molar-refractivity contribution is 5.94. The Balaban J connectivity index is 1.61. The fraction of sp³-hybridized carbons (Fsp3) is 0.190. The van der Waals surface area contributed by atoms with Gasteiger partial charge in [-0.25, -0.2) is 0 Å². The van der Waals surface area contributed by atoms with Crippen molar-refractivity contribution in [3.8, 4) is 0 Å². The van der Waals surface area contributed by atoms with E-state index in [-0.39, 0.29) is 6.04 Å². The first kappa shape index (κ1) is 16.0. The van der Waals surface area contributed by atoms with Crippen molar-refractivity contribution in [1.82, 2.24) is 19.7 Å². The number of ether oxygens (including phenoxy) is 1. The van der Waals surface area contributed by atoms with Crippen molar-refractivity contribution < 1.29 is 4.74 Å². The second kappa shape index (κ2) is 6.48. The van der Waals surface area contributed by atoms with E-state index in [0.717, 1.165) is 33.9 Å². The predicted octanol–water partition coefficient (Wildman–Crippen LogP) is 4.00. The molecule has 5 rings (SSSR count). The molecular weight excluding hydrogens is 338 g/mol. The second-order valence-corrected chi connectivity index (χ2v) is 6.70. The van der Waals surface area contributed by atoms with Gasteiger partial charge in [-0.15, -0.1) is 10.2 Å². The summed E-state index contributed by atoms with van der Waals surface area (Å²) in [5, 5.41) is 13.4. The molecule has 1 aliphatic heterocycles. The lowest BCUT2D eigenvalue weighted by Gasteiger charge is -2.27. The van der Waals surface area contributed by atoms with Gasteiger partial charge in [-0.3, -0.25) is 9.55 Å². The average molecular weight is 357 g/mol. The number of hydrogen-bond donors (Lipinski definition) is 1. The van der Waals surface area contributed by atoms with Crippen LogP contribution in [0.25, 0.3) is 10.9 Å². The molecule has 0 saturated carbocycles. The smallest absolute Gasteiger partial charge is 0.229 e. The molecule has 0 spiro atoms. The molecule has 0 aliphatic carbocycles. The number of benzene rings is 2. The van der Waals surface area contributed by atoms with Crippen molar-refractivity contribution in [2.24, 2.45) is 0 Å². The third-order valence-electron chi connectivity index (χ3n) is 5.00. The minimum Gasteiger partial charge on any atom is -0.371 e. The molecule has 0 radical (unpaired) electrons. The number of nitrogens with zero attached hydrogens (tertiary/aromatic N) is 4. The third-order valence-corrected chi connectivity index (χ3v) is 5.00. The van der Waals surface area contributed by atoms with Crippen molar-refractivity contribution in [2.45, 2.75) is 19.6 Å². The van der Waals surface area contributed by atoms with Gasteiger partial charge < -0.3 is 10.1 Å². The molecule has 6 heteroatoms. The highest BCUT2D eigenvalue weighted by atomic mass is 16.5. The molecule has 0 unspecified atom stereocenters. The van der Waals surface area contributed by atoms with Crippen LogP contribution < -0.4 is 5.32 Å². The number of aryl methyl sites for hydroxylation is 1. The molecule has 4 aromatic rings. The Kier molecular flexibility index (Phi) is 3.83. The number of rotatable bonds is 3. The quantitative estimate of drug-likeness (QED) is 0.600. The van der Waals surface area contributed by atoms with Crippen LogP contribution in [0, 0.1) is 6.92 Å². The third kappa shape index (κ3) is 2.74. The fourth-order valence-corrected chi connectivity index (χ4v) is 3.63. The van der Waals surface area contributed by atoms with E-state index in [1.807, 2.05) is 36.5 Å². The van der Waals surface area contributed by atoms with Crippen LogP contribution in [0.3, 0.4) is 0 Å². The SMILES string of the molecule is Cc1ccc2ncccc2c1Nc1nnc2n1[C@H](c1ccccc1)COC2. The van der Waals surface area contributed by atoms with Crippen LogP contribution in [0.2, 0.25) is 0 Å². The summed E-state index contributed by atoms with van der Waals surface area (Å²) in [5.74, 6) is 1.55. The molecule has 0 fully saturated rings. The monoisotopic (exact) mass is 357 g/mol. The molecule has 27 heavy (non-hydrogen) atoms. The van der Waals surface area contributed by atoms with Crippen LogP contribution in [-0.2, 0) is 11.3 Å². The Bertz CT molecular complexity index is 1110. The van der Waals surface area contributed by atoms with Gasteiger partial charge in [0.05, 0.1) is 23.9 Å². The first-order valence-corrected chi connectivity index (χ1v) is 8.99. The van der Waals surface area contributed by atoms with Gasteiger partial charge >= 0.3 is 0 Å². The van der Waals surface area contributed by atoms with Crippen LogP contribution in [0.4, 0.5) is 11.6 Å². The lowest BCUT2D eigenvalue weighted by molar-refractivity contribution is 0.0670. The molecule has 0 saturated heterocycles. The summed E-state index contributed by atoms with van der Waals surface area (Å²) in [6, 6.07) is 18.5. The molecule has 1 aliphatic rings. The van der Waals surface area contributed by atoms with Crippen LogP contribution in [0.15, 0.2) is 60.8 Å². The zero-order chi connectivity index (χ0) is 18.2. The fourth-order valence-electron chi connectivity index (χ4n) is 3.63.